The van der Waals surface area contributed by atoms with Crippen LogP contribution < -0.4 is 5.32 Å². The van der Waals surface area contributed by atoms with E-state index in [-0.39, 0.29) is 5.54 Å². The highest BCUT2D eigenvalue weighted by Gasteiger charge is 2.15. The molecular formula is C18H28N2. The number of benzene rings is 1. The molecule has 0 fully saturated rings. The average molecular weight is 272 g/mol. The highest BCUT2D eigenvalue weighted by molar-refractivity contribution is 5.28. The molecule has 2 heteroatoms. The van der Waals surface area contributed by atoms with Crippen LogP contribution in [-0.4, -0.2) is 30.1 Å². The lowest BCUT2D eigenvalue weighted by molar-refractivity contribution is 0.288. The molecule has 2 nitrogen and oxygen atoms in total. The van der Waals surface area contributed by atoms with Gasteiger partial charge in [0.15, 0.2) is 0 Å². The molecule has 0 unspecified atom stereocenters. The van der Waals surface area contributed by atoms with Crippen molar-refractivity contribution in [2.24, 2.45) is 0 Å². The Labute approximate surface area is 123 Å². The lowest BCUT2D eigenvalue weighted by Crippen LogP contribution is -2.38. The van der Waals surface area contributed by atoms with Gasteiger partial charge in [-0.1, -0.05) is 30.8 Å². The van der Waals surface area contributed by atoms with E-state index in [1.54, 1.807) is 0 Å². The molecule has 0 saturated carbocycles. The van der Waals surface area contributed by atoms with Crippen molar-refractivity contribution < 1.29 is 0 Å². The SMILES string of the molecule is C=C(CNC(C)(C)C)CN1CCCc2ccccc2C1. The second kappa shape index (κ2) is 6.55. The van der Waals surface area contributed by atoms with Crippen LogP contribution in [0, 0.1) is 0 Å². The van der Waals surface area contributed by atoms with E-state index in [0.717, 1.165) is 19.6 Å². The topological polar surface area (TPSA) is 15.3 Å². The highest BCUT2D eigenvalue weighted by atomic mass is 15.1. The maximum Gasteiger partial charge on any atom is 0.0239 e. The molecule has 0 saturated heterocycles. The summed E-state index contributed by atoms with van der Waals surface area (Å²) < 4.78 is 0. The number of aryl methyl sites for hydroxylation is 1. The maximum absolute atomic E-state index is 4.23. The van der Waals surface area contributed by atoms with Gasteiger partial charge in [0.2, 0.25) is 0 Å². The number of hydrogen-bond donors (Lipinski definition) is 1. The van der Waals surface area contributed by atoms with Gasteiger partial charge in [0, 0.05) is 25.2 Å². The van der Waals surface area contributed by atoms with Gasteiger partial charge in [0.25, 0.3) is 0 Å². The summed E-state index contributed by atoms with van der Waals surface area (Å²) in [6, 6.07) is 8.84. The molecule has 1 heterocycles. The Balaban J connectivity index is 1.89. The number of nitrogens with zero attached hydrogens (tertiary/aromatic N) is 1. The summed E-state index contributed by atoms with van der Waals surface area (Å²) in [4.78, 5) is 2.53. The Hall–Kier alpha value is -1.12. The van der Waals surface area contributed by atoms with Crippen LogP contribution in [0.3, 0.4) is 0 Å². The first kappa shape index (κ1) is 15.3. The number of rotatable bonds is 4. The minimum absolute atomic E-state index is 0.161. The van der Waals surface area contributed by atoms with E-state index in [9.17, 15) is 0 Å². The van der Waals surface area contributed by atoms with E-state index in [0.29, 0.717) is 0 Å². The first-order chi connectivity index (χ1) is 9.44. The average Bonchev–Trinajstić information content (AvgIpc) is 2.57. The third-order valence-corrected chi connectivity index (χ3v) is 3.75. The van der Waals surface area contributed by atoms with Crippen LogP contribution >= 0.6 is 0 Å². The maximum atomic E-state index is 4.23. The third-order valence-electron chi connectivity index (χ3n) is 3.75. The summed E-state index contributed by atoms with van der Waals surface area (Å²) in [5, 5.41) is 3.52. The van der Waals surface area contributed by atoms with Gasteiger partial charge < -0.3 is 5.32 Å². The predicted octanol–water partition coefficient (Wildman–Crippen LogP) is 3.38. The van der Waals surface area contributed by atoms with E-state index in [1.165, 1.54) is 36.1 Å². The molecule has 1 aromatic carbocycles. The molecule has 0 spiro atoms. The lowest BCUT2D eigenvalue weighted by Gasteiger charge is -2.25. The minimum atomic E-state index is 0.161. The van der Waals surface area contributed by atoms with Crippen molar-refractivity contribution in [2.45, 2.75) is 45.7 Å². The first-order valence-corrected chi connectivity index (χ1v) is 7.65. The molecule has 0 bridgehead atoms. The molecule has 1 aliphatic heterocycles. The third kappa shape index (κ3) is 4.77. The van der Waals surface area contributed by atoms with Crippen molar-refractivity contribution in [3.05, 3.63) is 47.5 Å². The Kier molecular flexibility index (Phi) is 5.00. The van der Waals surface area contributed by atoms with E-state index in [4.69, 9.17) is 0 Å². The fourth-order valence-corrected chi connectivity index (χ4v) is 2.67. The zero-order chi connectivity index (χ0) is 14.6. The highest BCUT2D eigenvalue weighted by Crippen LogP contribution is 2.18. The van der Waals surface area contributed by atoms with Crippen molar-refractivity contribution in [3.8, 4) is 0 Å². The van der Waals surface area contributed by atoms with Gasteiger partial charge in [0.05, 0.1) is 0 Å². The lowest BCUT2D eigenvalue weighted by atomic mass is 10.0. The molecule has 2 rings (SSSR count). The number of hydrogen-bond acceptors (Lipinski definition) is 2. The molecular weight excluding hydrogens is 244 g/mol. The van der Waals surface area contributed by atoms with Crippen molar-refractivity contribution in [1.29, 1.82) is 0 Å². The molecule has 1 aliphatic rings. The Morgan fingerprint density at radius 1 is 1.25 bits per heavy atom. The van der Waals surface area contributed by atoms with E-state index in [2.05, 4.69) is 61.8 Å². The van der Waals surface area contributed by atoms with Crippen LogP contribution in [-0.2, 0) is 13.0 Å². The largest absolute Gasteiger partial charge is 0.308 e. The molecule has 0 amide bonds. The van der Waals surface area contributed by atoms with Crippen molar-refractivity contribution >= 4 is 0 Å². The normalized spacial score (nSPS) is 16.6. The van der Waals surface area contributed by atoms with E-state index < -0.39 is 0 Å². The minimum Gasteiger partial charge on any atom is -0.308 e. The summed E-state index contributed by atoms with van der Waals surface area (Å²) in [6.45, 7) is 15.0. The summed E-state index contributed by atoms with van der Waals surface area (Å²) in [6.07, 6.45) is 2.45. The van der Waals surface area contributed by atoms with Gasteiger partial charge in [-0.2, -0.15) is 0 Å². The Bertz CT molecular complexity index is 457. The van der Waals surface area contributed by atoms with Crippen molar-refractivity contribution in [3.63, 3.8) is 0 Å². The van der Waals surface area contributed by atoms with Crippen LogP contribution in [0.1, 0.15) is 38.3 Å². The van der Waals surface area contributed by atoms with Crippen LogP contribution in [0.5, 0.6) is 0 Å². The summed E-state index contributed by atoms with van der Waals surface area (Å²) in [5.74, 6) is 0. The molecule has 0 atom stereocenters. The molecule has 0 aromatic heterocycles. The monoisotopic (exact) mass is 272 g/mol. The van der Waals surface area contributed by atoms with Crippen LogP contribution in [0.2, 0.25) is 0 Å². The molecule has 0 radical (unpaired) electrons. The summed E-state index contributed by atoms with van der Waals surface area (Å²) >= 11 is 0. The van der Waals surface area contributed by atoms with Gasteiger partial charge in [-0.3, -0.25) is 4.90 Å². The summed E-state index contributed by atoms with van der Waals surface area (Å²) in [5.41, 5.74) is 4.45. The second-order valence-corrected chi connectivity index (χ2v) is 6.94. The number of nitrogens with one attached hydrogen (secondary N) is 1. The van der Waals surface area contributed by atoms with Crippen molar-refractivity contribution in [1.82, 2.24) is 10.2 Å². The quantitative estimate of drug-likeness (QED) is 0.845. The Morgan fingerprint density at radius 2 is 1.95 bits per heavy atom. The molecule has 20 heavy (non-hydrogen) atoms. The number of fused-ring (bicyclic) bond motifs is 1. The zero-order valence-electron chi connectivity index (χ0n) is 13.2. The second-order valence-electron chi connectivity index (χ2n) is 6.94. The first-order valence-electron chi connectivity index (χ1n) is 7.65. The van der Waals surface area contributed by atoms with Crippen LogP contribution in [0.4, 0.5) is 0 Å². The Morgan fingerprint density at radius 3 is 2.65 bits per heavy atom. The van der Waals surface area contributed by atoms with Gasteiger partial charge in [0.1, 0.15) is 0 Å². The zero-order valence-corrected chi connectivity index (χ0v) is 13.2. The van der Waals surface area contributed by atoms with Gasteiger partial charge in [-0.25, -0.2) is 0 Å². The molecule has 1 aromatic rings. The fraction of sp³-hybridized carbons (Fsp3) is 0.556. The van der Waals surface area contributed by atoms with Gasteiger partial charge >= 0.3 is 0 Å². The van der Waals surface area contributed by atoms with Crippen LogP contribution in [0.15, 0.2) is 36.4 Å². The van der Waals surface area contributed by atoms with E-state index in [1.807, 2.05) is 0 Å². The van der Waals surface area contributed by atoms with Crippen molar-refractivity contribution in [2.75, 3.05) is 19.6 Å². The standard InChI is InChI=1S/C18H28N2/c1-15(12-19-18(2,3)4)13-20-11-7-10-16-8-5-6-9-17(16)14-20/h5-6,8-9,19H,1,7,10-14H2,2-4H3. The smallest absolute Gasteiger partial charge is 0.0239 e. The fourth-order valence-electron chi connectivity index (χ4n) is 2.67. The predicted molar refractivity (Wildman–Crippen MR) is 86.9 cm³/mol. The van der Waals surface area contributed by atoms with Gasteiger partial charge in [-0.15, -0.1) is 0 Å². The molecule has 1 N–H and O–H groups in total. The van der Waals surface area contributed by atoms with Gasteiger partial charge in [-0.05, 0) is 56.9 Å². The van der Waals surface area contributed by atoms with E-state index >= 15 is 0 Å². The van der Waals surface area contributed by atoms with Crippen LogP contribution in [0.25, 0.3) is 0 Å². The molecule has 0 aliphatic carbocycles. The molecule has 110 valence electrons. The summed E-state index contributed by atoms with van der Waals surface area (Å²) in [7, 11) is 0.